The molecule has 30 heteroatoms. The Kier molecular flexibility index (Phi) is 16.5. The first kappa shape index (κ1) is 61.3. The first-order valence-corrected chi connectivity index (χ1v) is 21.7. The largest absolute Gasteiger partial charge is 0.508 e. The summed E-state index contributed by atoms with van der Waals surface area (Å²) in [7, 11) is 0. The lowest BCUT2D eigenvalue weighted by molar-refractivity contribution is -0.689. The van der Waals surface area contributed by atoms with Crippen LogP contribution in [0.15, 0.2) is 146 Å². The van der Waals surface area contributed by atoms with Crippen molar-refractivity contribution in [2.45, 2.75) is 56.0 Å². The summed E-state index contributed by atoms with van der Waals surface area (Å²) in [6, 6.07) is 7.07. The Morgan fingerprint density at radius 1 is 0.425 bits per heavy atom. The zero-order chi connectivity index (χ0) is 60.0. The van der Waals surface area contributed by atoms with Gasteiger partial charge in [0.25, 0.3) is 0 Å². The molecule has 1 N–H and O–H groups in total. The van der Waals surface area contributed by atoms with Crippen molar-refractivity contribution < 1.29 is 125 Å². The van der Waals surface area contributed by atoms with Crippen LogP contribution in [0.3, 0.4) is 0 Å². The number of hydrogen-bond acceptors (Lipinski definition) is 4. The van der Waals surface area contributed by atoms with Crippen molar-refractivity contribution in [3.63, 3.8) is 0 Å². The molecule has 0 atom stereocenters. The Hall–Kier alpha value is -7.95. The molecule has 1 aromatic heterocycles. The molecule has 0 bridgehead atoms. The smallest absolute Gasteiger partial charge is 0.416 e. The zero-order valence-corrected chi connectivity index (χ0v) is 38.9. The standard InChI is InChI=1S/C32H12BF24.C18H14N2O3/c34-25(35,36)13-1-14(26(37,38)39)6-21(5-13)33(22-7-15(27(40,41)42)2-16(8-22)28(43,44)45,23-9-17(29(46,47)48)3-18(10-23)30(49,50)51)24-11-19(31(52,53)54)4-20(12-24)32(55,56)57;21-15-6-8-16(9-7-15)23-18(22)17-13-20(11-10-19-17)12-14-4-2-1-3-5-14/h1-12H;1-11,13H,12H2/q-1;/p+1. The van der Waals surface area contributed by atoms with Crippen LogP contribution in [-0.2, 0) is 56.0 Å². The van der Waals surface area contributed by atoms with Crippen molar-refractivity contribution in [2.75, 3.05) is 0 Å². The van der Waals surface area contributed by atoms with Crippen LogP contribution in [0.5, 0.6) is 11.5 Å². The number of carbonyl (C=O) groups excluding carboxylic acids is 1. The van der Waals surface area contributed by atoms with Gasteiger partial charge in [0.05, 0.1) is 50.7 Å². The molecule has 0 fully saturated rings. The van der Waals surface area contributed by atoms with Crippen LogP contribution in [0.4, 0.5) is 105 Å². The monoisotopic (exact) mass is 1170 g/mol. The van der Waals surface area contributed by atoms with E-state index in [9.17, 15) is 115 Å². The van der Waals surface area contributed by atoms with Gasteiger partial charge in [-0.2, -0.15) is 132 Å². The minimum absolute atomic E-state index is 0.114. The summed E-state index contributed by atoms with van der Waals surface area (Å²) in [5.41, 5.74) is -28.9. The van der Waals surface area contributed by atoms with Crippen LogP contribution in [0.2, 0.25) is 0 Å². The highest BCUT2D eigenvalue weighted by Crippen LogP contribution is 2.41. The number of phenols is 1. The summed E-state index contributed by atoms with van der Waals surface area (Å²) in [4.78, 5) is 16.2. The minimum atomic E-state index is -6.13. The molecule has 0 spiro atoms. The van der Waals surface area contributed by atoms with Gasteiger partial charge in [0, 0.05) is 5.56 Å². The number of aromatic hydroxyl groups is 1. The first-order valence-electron chi connectivity index (χ1n) is 21.7. The number of halogens is 24. The molecule has 5 nitrogen and oxygen atoms in total. The van der Waals surface area contributed by atoms with Gasteiger partial charge in [-0.1, -0.05) is 78.9 Å². The summed E-state index contributed by atoms with van der Waals surface area (Å²) in [6.45, 7) is 0.642. The average Bonchev–Trinajstić information content (AvgIpc) is 3.47. The van der Waals surface area contributed by atoms with Gasteiger partial charge in [0.1, 0.15) is 17.6 Å². The lowest BCUT2D eigenvalue weighted by atomic mass is 9.12. The molecule has 0 radical (unpaired) electrons. The Bertz CT molecular complexity index is 2920. The van der Waals surface area contributed by atoms with Gasteiger partial charge >= 0.3 is 55.4 Å². The van der Waals surface area contributed by atoms with E-state index in [2.05, 4.69) is 4.98 Å². The SMILES string of the molecule is FC(F)(F)c1cc([B-](c2cc(C(F)(F)F)cc(C(F)(F)F)c2)(c2cc(C(F)(F)F)cc(C(F)(F)F)c2)c2cc(C(F)(F)F)cc(C(F)(F)F)c2)cc(C(F)(F)F)c1.O=C(Oc1ccc(O)cc1)c1c[n+](Cc2ccccc2)ccn1. The predicted molar refractivity (Wildman–Crippen MR) is 233 cm³/mol. The van der Waals surface area contributed by atoms with E-state index in [-0.39, 0.29) is 11.4 Å². The summed E-state index contributed by atoms with van der Waals surface area (Å²) in [6.07, 6.45) is -49.8. The quantitative estimate of drug-likeness (QED) is 0.0541. The summed E-state index contributed by atoms with van der Waals surface area (Å²) in [5, 5.41) is 9.23. The topological polar surface area (TPSA) is 63.3 Å². The number of nitrogens with zero attached hydrogens (tertiary/aromatic N) is 2. The summed E-state index contributed by atoms with van der Waals surface area (Å²) >= 11 is 0. The molecule has 0 aliphatic heterocycles. The van der Waals surface area contributed by atoms with Crippen molar-refractivity contribution in [1.82, 2.24) is 4.98 Å². The molecule has 80 heavy (non-hydrogen) atoms. The van der Waals surface area contributed by atoms with E-state index in [4.69, 9.17) is 4.74 Å². The second kappa shape index (κ2) is 21.6. The maximum Gasteiger partial charge on any atom is 0.416 e. The minimum Gasteiger partial charge on any atom is -0.508 e. The van der Waals surface area contributed by atoms with E-state index in [1.165, 1.54) is 24.3 Å². The number of carbonyl (C=O) groups is 1. The third kappa shape index (κ3) is 14.4. The molecule has 426 valence electrons. The van der Waals surface area contributed by atoms with Gasteiger partial charge in [-0.15, -0.1) is 0 Å². The number of aromatic nitrogens is 2. The number of ether oxygens (including phenoxy) is 1. The molecular formula is C50H27BF24N2O3. The number of alkyl halides is 24. The van der Waals surface area contributed by atoms with Gasteiger partial charge in [0.15, 0.2) is 12.7 Å². The average molecular weight is 1170 g/mol. The second-order valence-corrected chi connectivity index (χ2v) is 17.2. The Morgan fingerprint density at radius 2 is 0.713 bits per heavy atom. The van der Waals surface area contributed by atoms with Gasteiger partial charge in [-0.05, 0) is 48.5 Å². The van der Waals surface area contributed by atoms with Crippen LogP contribution in [0, 0.1) is 0 Å². The lowest BCUT2D eigenvalue weighted by Gasteiger charge is -2.46. The van der Waals surface area contributed by atoms with Crippen molar-refractivity contribution in [2.24, 2.45) is 0 Å². The zero-order valence-electron chi connectivity index (χ0n) is 38.9. The van der Waals surface area contributed by atoms with E-state index in [1.807, 2.05) is 34.9 Å². The molecule has 7 rings (SSSR count). The molecule has 0 unspecified atom stereocenters. The van der Waals surface area contributed by atoms with E-state index in [1.54, 1.807) is 18.6 Å². The van der Waals surface area contributed by atoms with Gasteiger partial charge in [-0.25, -0.2) is 9.78 Å². The van der Waals surface area contributed by atoms with Gasteiger partial charge < -0.3 is 9.84 Å². The highest BCUT2D eigenvalue weighted by Gasteiger charge is 2.47. The van der Waals surface area contributed by atoms with E-state index >= 15 is 0 Å². The number of esters is 1. The van der Waals surface area contributed by atoms with E-state index in [0.29, 0.717) is 12.3 Å². The number of phenolic OH excluding ortho intramolecular Hbond substituents is 1. The summed E-state index contributed by atoms with van der Waals surface area (Å²) < 4.78 is 348. The number of benzene rings is 6. The van der Waals surface area contributed by atoms with Gasteiger partial charge in [0.2, 0.25) is 11.9 Å². The van der Waals surface area contributed by atoms with Crippen molar-refractivity contribution in [3.05, 3.63) is 202 Å². The van der Waals surface area contributed by atoms with E-state index < -0.39 is 201 Å². The fourth-order valence-corrected chi connectivity index (χ4v) is 8.17. The second-order valence-electron chi connectivity index (χ2n) is 17.2. The molecule has 0 amide bonds. The summed E-state index contributed by atoms with van der Waals surface area (Å²) in [5.74, 6) is -0.0745. The molecule has 7 aromatic rings. The Labute approximate surface area is 432 Å². The third-order valence-corrected chi connectivity index (χ3v) is 11.7. The molecule has 0 aliphatic carbocycles. The molecule has 0 saturated carbocycles. The molecular weight excluding hydrogens is 1140 g/mol. The fraction of sp³-hybridized carbons (Fsp3) is 0.180. The Balaban J connectivity index is 0.000000370. The lowest BCUT2D eigenvalue weighted by Crippen LogP contribution is -2.75. The highest BCUT2D eigenvalue weighted by atomic mass is 19.4. The number of rotatable bonds is 8. The third-order valence-electron chi connectivity index (χ3n) is 11.7. The molecule has 0 aliphatic rings. The van der Waals surface area contributed by atoms with Crippen LogP contribution < -0.4 is 31.2 Å². The van der Waals surface area contributed by atoms with Crippen LogP contribution >= 0.6 is 0 Å². The van der Waals surface area contributed by atoms with Crippen molar-refractivity contribution in [1.29, 1.82) is 0 Å². The number of hydrogen-bond donors (Lipinski definition) is 1. The fourth-order valence-electron chi connectivity index (χ4n) is 8.17. The molecule has 1 heterocycles. The molecule has 0 saturated heterocycles. The predicted octanol–water partition coefficient (Wildman–Crippen LogP) is 13.6. The highest BCUT2D eigenvalue weighted by molar-refractivity contribution is 7.20. The van der Waals surface area contributed by atoms with Gasteiger partial charge in [-0.3, -0.25) is 0 Å². The van der Waals surface area contributed by atoms with Crippen LogP contribution in [-0.4, -0.2) is 22.2 Å². The first-order chi connectivity index (χ1) is 36.5. The van der Waals surface area contributed by atoms with Crippen LogP contribution in [0.25, 0.3) is 0 Å². The van der Waals surface area contributed by atoms with Crippen molar-refractivity contribution >= 4 is 34.0 Å². The van der Waals surface area contributed by atoms with Crippen molar-refractivity contribution in [3.8, 4) is 11.5 Å². The maximum atomic E-state index is 14.2. The maximum absolute atomic E-state index is 14.2. The molecule has 6 aromatic carbocycles. The normalized spacial score (nSPS) is 13.2. The Morgan fingerprint density at radius 3 is 0.988 bits per heavy atom. The van der Waals surface area contributed by atoms with Crippen LogP contribution in [0.1, 0.15) is 60.6 Å². The van der Waals surface area contributed by atoms with E-state index in [0.717, 1.165) is 5.56 Å².